The summed E-state index contributed by atoms with van der Waals surface area (Å²) in [6, 6.07) is 2.24. The first-order chi connectivity index (χ1) is 9.63. The van der Waals surface area contributed by atoms with Crippen LogP contribution in [0.4, 0.5) is 0 Å². The van der Waals surface area contributed by atoms with Crippen molar-refractivity contribution >= 4 is 17.5 Å². The fourth-order valence-electron chi connectivity index (χ4n) is 3.84. The zero-order chi connectivity index (χ0) is 13.9. The van der Waals surface area contributed by atoms with Crippen molar-refractivity contribution in [2.75, 3.05) is 13.1 Å². The number of aliphatic hydroxyl groups excluding tert-OH is 1. The largest absolute Gasteiger partial charge is 0.393 e. The molecule has 3 unspecified atom stereocenters. The van der Waals surface area contributed by atoms with Crippen molar-refractivity contribution in [3.8, 4) is 0 Å². The molecule has 5 heteroatoms. The number of hydrogen-bond acceptors (Lipinski definition) is 2. The van der Waals surface area contributed by atoms with E-state index in [9.17, 15) is 9.90 Å². The Bertz CT molecular complexity index is 552. The molecule has 1 aromatic rings. The van der Waals surface area contributed by atoms with E-state index in [1.54, 1.807) is 6.07 Å². The van der Waals surface area contributed by atoms with Gasteiger partial charge in [0.25, 0.3) is 5.91 Å². The minimum Gasteiger partial charge on any atom is -0.393 e. The van der Waals surface area contributed by atoms with Crippen LogP contribution in [0.5, 0.6) is 0 Å². The number of carbonyl (C=O) groups is 1. The van der Waals surface area contributed by atoms with Gasteiger partial charge in [0.15, 0.2) is 0 Å². The molecule has 1 saturated heterocycles. The van der Waals surface area contributed by atoms with E-state index in [1.807, 2.05) is 15.7 Å². The predicted molar refractivity (Wildman–Crippen MR) is 75.8 cm³/mol. The molecule has 0 spiro atoms. The molecule has 4 nitrogen and oxygen atoms in total. The second-order valence-electron chi connectivity index (χ2n) is 6.46. The fourth-order valence-corrected chi connectivity index (χ4v) is 4.04. The average molecular weight is 295 g/mol. The highest BCUT2D eigenvalue weighted by Gasteiger charge is 2.44. The number of rotatable bonds is 2. The SMILES string of the molecule is O=C(c1cc(Cl)cn1C1CC1)N1CC2CCC(O)C2C1. The molecule has 2 saturated carbocycles. The minimum absolute atomic E-state index is 0.0744. The molecule has 4 rings (SSSR count). The first-order valence-electron chi connectivity index (χ1n) is 7.48. The molecule has 2 heterocycles. The van der Waals surface area contributed by atoms with E-state index >= 15 is 0 Å². The molecular formula is C15H19ClN2O2. The zero-order valence-electron chi connectivity index (χ0n) is 11.3. The molecule has 108 valence electrons. The third-order valence-electron chi connectivity index (χ3n) is 5.08. The van der Waals surface area contributed by atoms with Gasteiger partial charge in [-0.05, 0) is 37.7 Å². The van der Waals surface area contributed by atoms with Crippen LogP contribution in [0.25, 0.3) is 0 Å². The third-order valence-corrected chi connectivity index (χ3v) is 5.29. The van der Waals surface area contributed by atoms with E-state index < -0.39 is 0 Å². The summed E-state index contributed by atoms with van der Waals surface area (Å²) >= 11 is 6.08. The second-order valence-corrected chi connectivity index (χ2v) is 6.90. The molecule has 1 amide bonds. The van der Waals surface area contributed by atoms with Crippen molar-refractivity contribution in [2.24, 2.45) is 11.8 Å². The van der Waals surface area contributed by atoms with Crippen molar-refractivity contribution < 1.29 is 9.90 Å². The second kappa shape index (κ2) is 4.50. The van der Waals surface area contributed by atoms with E-state index in [4.69, 9.17) is 11.6 Å². The maximum Gasteiger partial charge on any atom is 0.270 e. The quantitative estimate of drug-likeness (QED) is 0.910. The summed E-state index contributed by atoms with van der Waals surface area (Å²) in [7, 11) is 0. The number of aromatic nitrogens is 1. The summed E-state index contributed by atoms with van der Waals surface area (Å²) in [4.78, 5) is 14.6. The van der Waals surface area contributed by atoms with Crippen molar-refractivity contribution in [1.82, 2.24) is 9.47 Å². The molecule has 0 bridgehead atoms. The number of halogens is 1. The summed E-state index contributed by atoms with van der Waals surface area (Å²) in [5.74, 6) is 0.831. The smallest absolute Gasteiger partial charge is 0.270 e. The first-order valence-corrected chi connectivity index (χ1v) is 7.86. The summed E-state index contributed by atoms with van der Waals surface area (Å²) in [6.07, 6.45) is 5.85. The van der Waals surface area contributed by atoms with Crippen molar-refractivity contribution in [1.29, 1.82) is 0 Å². The van der Waals surface area contributed by atoms with Crippen molar-refractivity contribution in [3.63, 3.8) is 0 Å². The fraction of sp³-hybridized carbons (Fsp3) is 0.667. The van der Waals surface area contributed by atoms with Crippen LogP contribution in [-0.4, -0.2) is 39.7 Å². The van der Waals surface area contributed by atoms with Crippen LogP contribution in [-0.2, 0) is 0 Å². The highest BCUT2D eigenvalue weighted by Crippen LogP contribution is 2.40. The van der Waals surface area contributed by atoms with Gasteiger partial charge >= 0.3 is 0 Å². The van der Waals surface area contributed by atoms with Gasteiger partial charge in [-0.3, -0.25) is 4.79 Å². The van der Waals surface area contributed by atoms with E-state index in [-0.39, 0.29) is 17.9 Å². The van der Waals surface area contributed by atoms with Crippen molar-refractivity contribution in [2.45, 2.75) is 37.8 Å². The molecule has 3 atom stereocenters. The van der Waals surface area contributed by atoms with E-state index in [1.165, 1.54) is 0 Å². The Kier molecular flexibility index (Phi) is 2.86. The molecule has 1 aliphatic heterocycles. The van der Waals surface area contributed by atoms with Crippen LogP contribution >= 0.6 is 11.6 Å². The lowest BCUT2D eigenvalue weighted by Crippen LogP contribution is -2.32. The topological polar surface area (TPSA) is 45.5 Å². The third kappa shape index (κ3) is 1.97. The van der Waals surface area contributed by atoms with Crippen LogP contribution in [0.3, 0.4) is 0 Å². The lowest BCUT2D eigenvalue weighted by molar-refractivity contribution is 0.0742. The Balaban J connectivity index is 1.56. The van der Waals surface area contributed by atoms with Crippen LogP contribution < -0.4 is 0 Å². The number of amides is 1. The summed E-state index contributed by atoms with van der Waals surface area (Å²) in [5.41, 5.74) is 0.715. The monoisotopic (exact) mass is 294 g/mol. The average Bonchev–Trinajstić information content (AvgIpc) is 2.91. The van der Waals surface area contributed by atoms with Crippen LogP contribution in [0.1, 0.15) is 42.2 Å². The van der Waals surface area contributed by atoms with E-state index in [2.05, 4.69) is 0 Å². The van der Waals surface area contributed by atoms with Gasteiger partial charge in [-0.25, -0.2) is 0 Å². The summed E-state index contributed by atoms with van der Waals surface area (Å²) < 4.78 is 2.04. The molecule has 0 radical (unpaired) electrons. The number of likely N-dealkylation sites (tertiary alicyclic amines) is 1. The summed E-state index contributed by atoms with van der Waals surface area (Å²) in [5, 5.41) is 10.6. The van der Waals surface area contributed by atoms with Gasteiger partial charge in [0, 0.05) is 31.2 Å². The molecule has 3 fully saturated rings. The Morgan fingerprint density at radius 2 is 2.05 bits per heavy atom. The zero-order valence-corrected chi connectivity index (χ0v) is 12.1. The molecule has 20 heavy (non-hydrogen) atoms. The van der Waals surface area contributed by atoms with Gasteiger partial charge in [-0.1, -0.05) is 11.6 Å². The Morgan fingerprint density at radius 3 is 2.75 bits per heavy atom. The number of nitrogens with zero attached hydrogens (tertiary/aromatic N) is 2. The maximum absolute atomic E-state index is 12.7. The molecule has 2 aliphatic carbocycles. The van der Waals surface area contributed by atoms with Gasteiger partial charge in [-0.15, -0.1) is 0 Å². The van der Waals surface area contributed by atoms with Gasteiger partial charge in [0.2, 0.25) is 0 Å². The highest BCUT2D eigenvalue weighted by atomic mass is 35.5. The maximum atomic E-state index is 12.7. The van der Waals surface area contributed by atoms with Gasteiger partial charge in [-0.2, -0.15) is 0 Å². The van der Waals surface area contributed by atoms with Gasteiger partial charge < -0.3 is 14.6 Å². The lowest BCUT2D eigenvalue weighted by Gasteiger charge is -2.19. The molecule has 0 aromatic carbocycles. The highest BCUT2D eigenvalue weighted by molar-refractivity contribution is 6.31. The van der Waals surface area contributed by atoms with Crippen LogP contribution in [0.2, 0.25) is 5.02 Å². The number of carbonyl (C=O) groups excluding carboxylic acids is 1. The Morgan fingerprint density at radius 1 is 1.25 bits per heavy atom. The van der Waals surface area contributed by atoms with Gasteiger partial charge in [0.1, 0.15) is 5.69 Å². The van der Waals surface area contributed by atoms with Crippen LogP contribution in [0, 0.1) is 11.8 Å². The standard InChI is InChI=1S/C15H19ClN2O2/c16-10-5-13(18(7-10)11-2-3-11)15(20)17-6-9-1-4-14(19)12(9)8-17/h5,7,9,11-12,14,19H,1-4,6,8H2. The molecule has 1 N–H and O–H groups in total. The minimum atomic E-state index is -0.225. The normalized spacial score (nSPS) is 32.7. The Labute approximate surface area is 123 Å². The molecular weight excluding hydrogens is 276 g/mol. The molecule has 3 aliphatic rings. The van der Waals surface area contributed by atoms with Gasteiger partial charge in [0.05, 0.1) is 11.1 Å². The van der Waals surface area contributed by atoms with E-state index in [0.717, 1.165) is 32.2 Å². The number of fused-ring (bicyclic) bond motifs is 1. The number of hydrogen-bond donors (Lipinski definition) is 1. The predicted octanol–water partition coefficient (Wildman–Crippen LogP) is 2.32. The van der Waals surface area contributed by atoms with Crippen LogP contribution in [0.15, 0.2) is 12.3 Å². The first kappa shape index (κ1) is 12.7. The van der Waals surface area contributed by atoms with Crippen molar-refractivity contribution in [3.05, 3.63) is 23.0 Å². The lowest BCUT2D eigenvalue weighted by atomic mass is 10.00. The molecule has 1 aromatic heterocycles. The summed E-state index contributed by atoms with van der Waals surface area (Å²) in [6.45, 7) is 1.48. The van der Waals surface area contributed by atoms with E-state index in [0.29, 0.717) is 29.2 Å². The Hall–Kier alpha value is -1.00. The number of aliphatic hydroxyl groups is 1.